The van der Waals surface area contributed by atoms with E-state index in [2.05, 4.69) is 31.0 Å². The predicted octanol–water partition coefficient (Wildman–Crippen LogP) is 2.82. The van der Waals surface area contributed by atoms with Gasteiger partial charge < -0.3 is 16.0 Å². The van der Waals surface area contributed by atoms with Crippen LogP contribution in [0.5, 0.6) is 0 Å². The number of amides is 2. The lowest BCUT2D eigenvalue weighted by atomic mass is 10.1. The van der Waals surface area contributed by atoms with Gasteiger partial charge >= 0.3 is 6.03 Å². The molecule has 2 aromatic heterocycles. The number of hydrogen-bond acceptors (Lipinski definition) is 5. The Morgan fingerprint density at radius 3 is 2.67 bits per heavy atom. The first-order valence-corrected chi connectivity index (χ1v) is 8.73. The van der Waals surface area contributed by atoms with Crippen LogP contribution in [0.25, 0.3) is 5.82 Å². The molecule has 2 amide bonds. The molecular formula is C19H23N7O. The second-order valence-corrected chi connectivity index (χ2v) is 6.22. The summed E-state index contributed by atoms with van der Waals surface area (Å²) in [7, 11) is 0. The minimum atomic E-state index is -0.240. The molecule has 0 aliphatic heterocycles. The summed E-state index contributed by atoms with van der Waals surface area (Å²) in [5, 5.41) is 13.0. The van der Waals surface area contributed by atoms with Gasteiger partial charge in [0, 0.05) is 37.2 Å². The van der Waals surface area contributed by atoms with Crippen molar-refractivity contribution in [2.24, 2.45) is 0 Å². The van der Waals surface area contributed by atoms with Crippen LogP contribution in [-0.2, 0) is 0 Å². The minimum absolute atomic E-state index is 0.240. The molecule has 140 valence electrons. The Balaban J connectivity index is 1.48. The number of benzene rings is 1. The van der Waals surface area contributed by atoms with Gasteiger partial charge in [0.1, 0.15) is 11.6 Å². The Labute approximate surface area is 158 Å². The third-order valence-corrected chi connectivity index (χ3v) is 4.05. The molecule has 8 nitrogen and oxygen atoms in total. The molecule has 3 N–H and O–H groups in total. The van der Waals surface area contributed by atoms with Crippen LogP contribution in [0.3, 0.4) is 0 Å². The van der Waals surface area contributed by atoms with Gasteiger partial charge in [0.05, 0.1) is 0 Å². The maximum atomic E-state index is 12.0. The highest BCUT2D eigenvalue weighted by Gasteiger charge is 2.05. The number of aromatic nitrogens is 4. The van der Waals surface area contributed by atoms with Crippen molar-refractivity contribution >= 4 is 17.5 Å². The van der Waals surface area contributed by atoms with Crippen molar-refractivity contribution in [3.05, 3.63) is 59.7 Å². The second kappa shape index (κ2) is 8.31. The summed E-state index contributed by atoms with van der Waals surface area (Å²) < 4.78 is 1.68. The number of urea groups is 1. The van der Waals surface area contributed by atoms with E-state index in [-0.39, 0.29) is 6.03 Å². The van der Waals surface area contributed by atoms with Crippen LogP contribution < -0.4 is 16.0 Å². The molecule has 0 aliphatic rings. The van der Waals surface area contributed by atoms with E-state index >= 15 is 0 Å². The Kier molecular flexibility index (Phi) is 5.65. The van der Waals surface area contributed by atoms with Crippen molar-refractivity contribution in [3.63, 3.8) is 0 Å². The number of aryl methyl sites for hydroxylation is 3. The lowest BCUT2D eigenvalue weighted by Crippen LogP contribution is -2.32. The zero-order chi connectivity index (χ0) is 19.2. The van der Waals surface area contributed by atoms with E-state index in [0.29, 0.717) is 30.5 Å². The largest absolute Gasteiger partial charge is 0.368 e. The highest BCUT2D eigenvalue weighted by molar-refractivity contribution is 5.89. The molecule has 0 bridgehead atoms. The first-order chi connectivity index (χ1) is 13.0. The quantitative estimate of drug-likeness (QED) is 0.584. The van der Waals surface area contributed by atoms with Gasteiger partial charge in [0.2, 0.25) is 0 Å². The second-order valence-electron chi connectivity index (χ2n) is 6.22. The zero-order valence-corrected chi connectivity index (χ0v) is 15.7. The van der Waals surface area contributed by atoms with Crippen molar-refractivity contribution in [1.29, 1.82) is 0 Å². The Morgan fingerprint density at radius 2 is 1.93 bits per heavy atom. The summed E-state index contributed by atoms with van der Waals surface area (Å²) in [5.74, 6) is 2.02. The predicted molar refractivity (Wildman–Crippen MR) is 105 cm³/mol. The van der Waals surface area contributed by atoms with Crippen LogP contribution in [0.15, 0.2) is 42.7 Å². The van der Waals surface area contributed by atoms with Gasteiger partial charge in [-0.25, -0.2) is 19.4 Å². The highest BCUT2D eigenvalue weighted by Crippen LogP contribution is 2.14. The fourth-order valence-corrected chi connectivity index (χ4v) is 2.53. The molecule has 0 radical (unpaired) electrons. The first-order valence-electron chi connectivity index (χ1n) is 8.73. The molecule has 0 aliphatic carbocycles. The maximum absolute atomic E-state index is 12.0. The van der Waals surface area contributed by atoms with Crippen LogP contribution in [0.2, 0.25) is 0 Å². The van der Waals surface area contributed by atoms with Gasteiger partial charge in [0.25, 0.3) is 0 Å². The summed E-state index contributed by atoms with van der Waals surface area (Å²) in [6.45, 7) is 6.88. The van der Waals surface area contributed by atoms with E-state index in [1.807, 2.05) is 57.3 Å². The van der Waals surface area contributed by atoms with Crippen molar-refractivity contribution in [2.45, 2.75) is 20.8 Å². The Hall–Kier alpha value is -3.42. The molecular weight excluding hydrogens is 342 g/mol. The van der Waals surface area contributed by atoms with Crippen LogP contribution >= 0.6 is 0 Å². The summed E-state index contributed by atoms with van der Waals surface area (Å²) >= 11 is 0. The maximum Gasteiger partial charge on any atom is 0.319 e. The van der Waals surface area contributed by atoms with Crippen LogP contribution in [0.4, 0.5) is 16.3 Å². The lowest BCUT2D eigenvalue weighted by Gasteiger charge is -2.11. The topological polar surface area (TPSA) is 96.8 Å². The van der Waals surface area contributed by atoms with E-state index in [1.165, 1.54) is 5.56 Å². The molecule has 8 heteroatoms. The molecule has 3 rings (SSSR count). The van der Waals surface area contributed by atoms with Gasteiger partial charge in [0.15, 0.2) is 5.82 Å². The average Bonchev–Trinajstić information content (AvgIpc) is 3.16. The van der Waals surface area contributed by atoms with E-state index < -0.39 is 0 Å². The standard InChI is InChI=1S/C19H23N7O/c1-13-5-6-16(11-14(13)2)25-19(27)21-9-8-20-17-12-18(24-15(3)23-17)26-10-4-7-22-26/h4-7,10-12H,8-9H2,1-3H3,(H,20,23,24)(H2,21,25,27). The van der Waals surface area contributed by atoms with Crippen molar-refractivity contribution in [2.75, 3.05) is 23.7 Å². The molecule has 0 atom stereocenters. The molecule has 27 heavy (non-hydrogen) atoms. The lowest BCUT2D eigenvalue weighted by molar-refractivity contribution is 0.252. The highest BCUT2D eigenvalue weighted by atomic mass is 16.2. The number of carbonyl (C=O) groups is 1. The third kappa shape index (κ3) is 5.04. The molecule has 0 spiro atoms. The number of hydrogen-bond donors (Lipinski definition) is 3. The van der Waals surface area contributed by atoms with Gasteiger partial charge in [-0.1, -0.05) is 6.07 Å². The minimum Gasteiger partial charge on any atom is -0.368 e. The molecule has 0 saturated heterocycles. The number of rotatable bonds is 6. The first kappa shape index (κ1) is 18.4. The van der Waals surface area contributed by atoms with Crippen LogP contribution in [0.1, 0.15) is 17.0 Å². The Bertz CT molecular complexity index is 922. The van der Waals surface area contributed by atoms with Crippen molar-refractivity contribution < 1.29 is 4.79 Å². The SMILES string of the molecule is Cc1nc(NCCNC(=O)Nc2ccc(C)c(C)c2)cc(-n2cccn2)n1. The number of nitrogens with zero attached hydrogens (tertiary/aromatic N) is 4. The number of anilines is 2. The molecule has 0 fully saturated rings. The monoisotopic (exact) mass is 365 g/mol. The third-order valence-electron chi connectivity index (χ3n) is 4.05. The van der Waals surface area contributed by atoms with Crippen LogP contribution in [0, 0.1) is 20.8 Å². The smallest absolute Gasteiger partial charge is 0.319 e. The van der Waals surface area contributed by atoms with Gasteiger partial charge in [-0.3, -0.25) is 0 Å². The van der Waals surface area contributed by atoms with E-state index in [9.17, 15) is 4.79 Å². The molecule has 1 aromatic carbocycles. The average molecular weight is 365 g/mol. The summed E-state index contributed by atoms with van der Waals surface area (Å²) in [5.41, 5.74) is 3.11. The van der Waals surface area contributed by atoms with Crippen molar-refractivity contribution in [3.8, 4) is 5.82 Å². The van der Waals surface area contributed by atoms with E-state index in [1.54, 1.807) is 10.9 Å². The van der Waals surface area contributed by atoms with Gasteiger partial charge in [-0.2, -0.15) is 5.10 Å². The number of carbonyl (C=O) groups excluding carboxylic acids is 1. The molecule has 0 unspecified atom stereocenters. The van der Waals surface area contributed by atoms with Crippen molar-refractivity contribution in [1.82, 2.24) is 25.1 Å². The van der Waals surface area contributed by atoms with Gasteiger partial charge in [-0.05, 0) is 50.1 Å². The summed E-state index contributed by atoms with van der Waals surface area (Å²) in [4.78, 5) is 20.7. The molecule has 3 aromatic rings. The fourth-order valence-electron chi connectivity index (χ4n) is 2.53. The summed E-state index contributed by atoms with van der Waals surface area (Å²) in [6.07, 6.45) is 3.52. The normalized spacial score (nSPS) is 10.5. The Morgan fingerprint density at radius 1 is 1.07 bits per heavy atom. The summed E-state index contributed by atoms with van der Waals surface area (Å²) in [6, 6.07) is 9.24. The fraction of sp³-hybridized carbons (Fsp3) is 0.263. The molecule has 2 heterocycles. The zero-order valence-electron chi connectivity index (χ0n) is 15.7. The number of nitrogens with one attached hydrogen (secondary N) is 3. The van der Waals surface area contributed by atoms with Gasteiger partial charge in [-0.15, -0.1) is 0 Å². The van der Waals surface area contributed by atoms with E-state index in [4.69, 9.17) is 0 Å². The van der Waals surface area contributed by atoms with E-state index in [0.717, 1.165) is 11.3 Å². The molecule has 0 saturated carbocycles. The van der Waals surface area contributed by atoms with Crippen LogP contribution in [-0.4, -0.2) is 38.9 Å².